The lowest BCUT2D eigenvalue weighted by Gasteiger charge is -2.18. The Morgan fingerprint density at radius 1 is 0.323 bits per heavy atom. The molecule has 0 bridgehead atoms. The average molecular weight is 871 g/mol. The van der Waals surface area contributed by atoms with Gasteiger partial charge in [-0.15, -0.1) is 0 Å². The van der Waals surface area contributed by atoms with E-state index < -0.39 is 6.10 Å². The number of ether oxygens (including phenoxy) is 3. The highest BCUT2D eigenvalue weighted by Crippen LogP contribution is 2.15. The third-order valence-electron chi connectivity index (χ3n) is 11.9. The Morgan fingerprint density at radius 3 is 0.903 bits per heavy atom. The number of hydrogen-bond donors (Lipinski definition) is 0. The number of unbranched alkanes of at least 4 members (excludes halogenated alkanes) is 32. The number of rotatable bonds is 49. The van der Waals surface area contributed by atoms with Crippen molar-refractivity contribution >= 4 is 17.9 Å². The topological polar surface area (TPSA) is 78.9 Å². The van der Waals surface area contributed by atoms with E-state index in [-0.39, 0.29) is 31.1 Å². The van der Waals surface area contributed by atoms with Gasteiger partial charge in [-0.1, -0.05) is 224 Å². The third-order valence-corrected chi connectivity index (χ3v) is 11.9. The molecule has 1 atom stereocenters. The molecule has 362 valence electrons. The van der Waals surface area contributed by atoms with Crippen molar-refractivity contribution in [3.63, 3.8) is 0 Å². The zero-order valence-corrected chi connectivity index (χ0v) is 41.4. The first-order valence-corrected chi connectivity index (χ1v) is 27.0. The molecule has 0 saturated heterocycles. The third kappa shape index (κ3) is 48.7. The Balaban J connectivity index is 4.14. The van der Waals surface area contributed by atoms with Crippen LogP contribution in [0.15, 0.2) is 36.5 Å². The van der Waals surface area contributed by atoms with Crippen molar-refractivity contribution in [3.8, 4) is 0 Å². The summed E-state index contributed by atoms with van der Waals surface area (Å²) in [5, 5.41) is 0. The molecule has 0 aromatic rings. The summed E-state index contributed by atoms with van der Waals surface area (Å²) in [5.41, 5.74) is 0. The SMILES string of the molecule is CCCCCCC/C=C\C/C=C\CCCCCCCCCCCCCC(=O)OCC(COC(=O)CCCCCCCC)OC(=O)CCCCCCC/C=C\CCCCCCCC. The summed E-state index contributed by atoms with van der Waals surface area (Å²) in [6, 6.07) is 0. The number of carbonyl (C=O) groups excluding carboxylic acids is 3. The Morgan fingerprint density at radius 2 is 0.581 bits per heavy atom. The van der Waals surface area contributed by atoms with Gasteiger partial charge >= 0.3 is 17.9 Å². The number of carbonyl (C=O) groups is 3. The lowest BCUT2D eigenvalue weighted by molar-refractivity contribution is -0.167. The molecule has 0 N–H and O–H groups in total. The molecule has 0 aromatic carbocycles. The maximum absolute atomic E-state index is 12.7. The minimum absolute atomic E-state index is 0.0745. The predicted molar refractivity (Wildman–Crippen MR) is 266 cm³/mol. The van der Waals surface area contributed by atoms with E-state index in [0.29, 0.717) is 19.3 Å². The molecular formula is C56H102O6. The van der Waals surface area contributed by atoms with Crippen molar-refractivity contribution < 1.29 is 28.6 Å². The quantitative estimate of drug-likeness (QED) is 0.0262. The molecule has 6 nitrogen and oxygen atoms in total. The van der Waals surface area contributed by atoms with Gasteiger partial charge in [0.25, 0.3) is 0 Å². The van der Waals surface area contributed by atoms with Gasteiger partial charge in [0.1, 0.15) is 13.2 Å². The highest BCUT2D eigenvalue weighted by Gasteiger charge is 2.19. The zero-order chi connectivity index (χ0) is 45.1. The molecule has 0 radical (unpaired) electrons. The van der Waals surface area contributed by atoms with E-state index in [0.717, 1.165) is 70.6 Å². The van der Waals surface area contributed by atoms with Crippen LogP contribution in [0.3, 0.4) is 0 Å². The first kappa shape index (κ1) is 59.6. The second kappa shape index (κ2) is 51.3. The standard InChI is InChI=1S/C56H102O6/c1-4-7-10-13-16-18-20-22-24-25-26-27-28-29-30-31-33-34-36-38-40-43-46-49-55(58)61-52-53(51-60-54(57)48-45-42-15-12-9-6-3)62-56(59)50-47-44-41-39-37-35-32-23-21-19-17-14-11-8-5-2/h20,22-23,25-26,32,53H,4-19,21,24,27-31,33-52H2,1-3H3/b22-20-,26-25-,32-23-. The summed E-state index contributed by atoms with van der Waals surface area (Å²) in [4.78, 5) is 37.8. The number of hydrogen-bond acceptors (Lipinski definition) is 6. The summed E-state index contributed by atoms with van der Waals surface area (Å²) >= 11 is 0. The average Bonchev–Trinajstić information content (AvgIpc) is 3.27. The Bertz CT molecular complexity index is 1050. The Hall–Kier alpha value is -2.37. The summed E-state index contributed by atoms with van der Waals surface area (Å²) in [6.07, 6.45) is 60.2. The van der Waals surface area contributed by atoms with Gasteiger partial charge in [-0.25, -0.2) is 0 Å². The molecular weight excluding hydrogens is 769 g/mol. The van der Waals surface area contributed by atoms with E-state index in [2.05, 4.69) is 57.2 Å². The van der Waals surface area contributed by atoms with Gasteiger partial charge in [-0.3, -0.25) is 14.4 Å². The molecule has 0 spiro atoms. The maximum atomic E-state index is 12.7. The largest absolute Gasteiger partial charge is 0.462 e. The van der Waals surface area contributed by atoms with E-state index >= 15 is 0 Å². The molecule has 0 aliphatic rings. The molecule has 1 unspecified atom stereocenters. The van der Waals surface area contributed by atoms with Crippen LogP contribution in [-0.2, 0) is 28.6 Å². The summed E-state index contributed by atoms with van der Waals surface area (Å²) in [5.74, 6) is -0.885. The predicted octanol–water partition coefficient (Wildman–Crippen LogP) is 17.7. The van der Waals surface area contributed by atoms with Crippen LogP contribution in [0.4, 0.5) is 0 Å². The molecule has 0 aromatic heterocycles. The molecule has 0 fully saturated rings. The molecule has 0 heterocycles. The van der Waals surface area contributed by atoms with Crippen LogP contribution in [0.2, 0.25) is 0 Å². The van der Waals surface area contributed by atoms with Crippen molar-refractivity contribution in [2.24, 2.45) is 0 Å². The van der Waals surface area contributed by atoms with Gasteiger partial charge in [0.05, 0.1) is 0 Å². The number of esters is 3. The minimum Gasteiger partial charge on any atom is -0.462 e. The fraction of sp³-hybridized carbons (Fsp3) is 0.839. The van der Waals surface area contributed by atoms with Crippen LogP contribution in [-0.4, -0.2) is 37.2 Å². The summed E-state index contributed by atoms with van der Waals surface area (Å²) < 4.78 is 16.7. The molecule has 62 heavy (non-hydrogen) atoms. The van der Waals surface area contributed by atoms with E-state index in [4.69, 9.17) is 14.2 Å². The van der Waals surface area contributed by atoms with E-state index in [9.17, 15) is 14.4 Å². The summed E-state index contributed by atoms with van der Waals surface area (Å²) in [6.45, 7) is 6.58. The molecule has 6 heteroatoms. The fourth-order valence-electron chi connectivity index (χ4n) is 7.76. The van der Waals surface area contributed by atoms with Crippen molar-refractivity contribution in [2.45, 2.75) is 290 Å². The molecule has 0 saturated carbocycles. The molecule has 0 amide bonds. The van der Waals surface area contributed by atoms with E-state index in [1.54, 1.807) is 0 Å². The van der Waals surface area contributed by atoms with Gasteiger partial charge in [-0.2, -0.15) is 0 Å². The highest BCUT2D eigenvalue weighted by molar-refractivity contribution is 5.71. The van der Waals surface area contributed by atoms with Crippen LogP contribution in [0, 0.1) is 0 Å². The first-order chi connectivity index (χ1) is 30.5. The highest BCUT2D eigenvalue weighted by atomic mass is 16.6. The second-order valence-corrected chi connectivity index (χ2v) is 18.1. The van der Waals surface area contributed by atoms with Crippen LogP contribution in [0.5, 0.6) is 0 Å². The molecule has 0 aliphatic carbocycles. The van der Waals surface area contributed by atoms with Crippen molar-refractivity contribution in [1.82, 2.24) is 0 Å². The minimum atomic E-state index is -0.771. The molecule has 0 rings (SSSR count). The van der Waals surface area contributed by atoms with E-state index in [1.807, 2.05) is 0 Å². The Kier molecular flexibility index (Phi) is 49.3. The van der Waals surface area contributed by atoms with Crippen molar-refractivity contribution in [2.75, 3.05) is 13.2 Å². The summed E-state index contributed by atoms with van der Waals surface area (Å²) in [7, 11) is 0. The van der Waals surface area contributed by atoms with Gasteiger partial charge in [0.2, 0.25) is 0 Å². The fourth-order valence-corrected chi connectivity index (χ4v) is 7.76. The van der Waals surface area contributed by atoms with Gasteiger partial charge in [0.15, 0.2) is 6.10 Å². The maximum Gasteiger partial charge on any atom is 0.306 e. The van der Waals surface area contributed by atoms with Crippen LogP contribution < -0.4 is 0 Å². The van der Waals surface area contributed by atoms with E-state index in [1.165, 1.54) is 173 Å². The van der Waals surface area contributed by atoms with Gasteiger partial charge in [0, 0.05) is 19.3 Å². The first-order valence-electron chi connectivity index (χ1n) is 27.0. The Labute approximate surface area is 385 Å². The lowest BCUT2D eigenvalue weighted by Crippen LogP contribution is -2.30. The van der Waals surface area contributed by atoms with Crippen LogP contribution in [0.25, 0.3) is 0 Å². The van der Waals surface area contributed by atoms with Crippen LogP contribution >= 0.6 is 0 Å². The number of allylic oxidation sites excluding steroid dienone is 6. The van der Waals surface area contributed by atoms with Crippen molar-refractivity contribution in [1.29, 1.82) is 0 Å². The smallest absolute Gasteiger partial charge is 0.306 e. The zero-order valence-electron chi connectivity index (χ0n) is 41.4. The molecule has 0 aliphatic heterocycles. The van der Waals surface area contributed by atoms with Crippen LogP contribution in [0.1, 0.15) is 284 Å². The lowest BCUT2D eigenvalue weighted by atomic mass is 10.0. The van der Waals surface area contributed by atoms with Gasteiger partial charge < -0.3 is 14.2 Å². The monoisotopic (exact) mass is 871 g/mol. The second-order valence-electron chi connectivity index (χ2n) is 18.1. The van der Waals surface area contributed by atoms with Crippen molar-refractivity contribution in [3.05, 3.63) is 36.5 Å². The van der Waals surface area contributed by atoms with Gasteiger partial charge in [-0.05, 0) is 77.0 Å². The normalized spacial score (nSPS) is 12.2.